The summed E-state index contributed by atoms with van der Waals surface area (Å²) >= 11 is 3.36. The molecule has 0 aliphatic heterocycles. The molecule has 1 rings (SSSR count). The molecule has 0 aromatic heterocycles. The molecule has 0 bridgehead atoms. The molecule has 0 saturated heterocycles. The molecule has 0 atom stereocenters. The summed E-state index contributed by atoms with van der Waals surface area (Å²) in [5.74, 6) is -0.275. The van der Waals surface area contributed by atoms with Crippen LogP contribution in [0.5, 0.6) is 0 Å². The van der Waals surface area contributed by atoms with Gasteiger partial charge in [0.15, 0.2) is 0 Å². The average molecular weight is 257 g/mol. The molecular weight excluding hydrogens is 244 g/mol. The SMILES string of the molecule is COC(=O)c1cc(C)c(C)cc1CBr. The van der Waals surface area contributed by atoms with Crippen LogP contribution in [-0.4, -0.2) is 13.1 Å². The lowest BCUT2D eigenvalue weighted by molar-refractivity contribution is 0.0599. The van der Waals surface area contributed by atoms with E-state index < -0.39 is 0 Å². The monoisotopic (exact) mass is 256 g/mol. The number of benzene rings is 1. The lowest BCUT2D eigenvalue weighted by Gasteiger charge is -2.08. The first kappa shape index (κ1) is 11.2. The highest BCUT2D eigenvalue weighted by Crippen LogP contribution is 2.19. The van der Waals surface area contributed by atoms with Crippen LogP contribution in [0.25, 0.3) is 0 Å². The Morgan fingerprint density at radius 2 is 1.93 bits per heavy atom. The van der Waals surface area contributed by atoms with Crippen LogP contribution < -0.4 is 0 Å². The zero-order chi connectivity index (χ0) is 10.7. The Balaban J connectivity index is 3.27. The first-order valence-electron chi connectivity index (χ1n) is 4.34. The number of ether oxygens (including phenoxy) is 1. The van der Waals surface area contributed by atoms with Crippen LogP contribution in [0.15, 0.2) is 12.1 Å². The van der Waals surface area contributed by atoms with Gasteiger partial charge < -0.3 is 4.74 Å². The van der Waals surface area contributed by atoms with Crippen molar-refractivity contribution in [2.24, 2.45) is 0 Å². The number of carbonyl (C=O) groups excluding carboxylic acids is 1. The minimum absolute atomic E-state index is 0.275. The molecule has 0 spiro atoms. The third kappa shape index (κ3) is 2.15. The van der Waals surface area contributed by atoms with Crippen molar-refractivity contribution in [3.8, 4) is 0 Å². The number of aryl methyl sites for hydroxylation is 2. The average Bonchev–Trinajstić information content (AvgIpc) is 2.20. The number of esters is 1. The van der Waals surface area contributed by atoms with E-state index in [1.54, 1.807) is 0 Å². The standard InChI is InChI=1S/C11H13BrO2/c1-7-4-9(6-12)10(5-8(7)2)11(13)14-3/h4-5H,6H2,1-3H3. The van der Waals surface area contributed by atoms with Gasteiger partial charge in [0, 0.05) is 5.33 Å². The molecule has 0 radical (unpaired) electrons. The fraction of sp³-hybridized carbons (Fsp3) is 0.364. The molecule has 2 nitrogen and oxygen atoms in total. The van der Waals surface area contributed by atoms with Crippen molar-refractivity contribution in [1.29, 1.82) is 0 Å². The highest BCUT2D eigenvalue weighted by Gasteiger charge is 2.12. The topological polar surface area (TPSA) is 26.3 Å². The van der Waals surface area contributed by atoms with E-state index in [0.717, 1.165) is 11.1 Å². The van der Waals surface area contributed by atoms with Crippen molar-refractivity contribution in [2.75, 3.05) is 7.11 Å². The van der Waals surface area contributed by atoms with Gasteiger partial charge >= 0.3 is 5.97 Å². The molecule has 76 valence electrons. The molecule has 0 saturated carbocycles. The summed E-state index contributed by atoms with van der Waals surface area (Å²) in [5.41, 5.74) is 3.91. The summed E-state index contributed by atoms with van der Waals surface area (Å²) in [6, 6.07) is 3.88. The zero-order valence-corrected chi connectivity index (χ0v) is 10.1. The number of halogens is 1. The number of hydrogen-bond donors (Lipinski definition) is 0. The van der Waals surface area contributed by atoms with Gasteiger partial charge in [-0.05, 0) is 36.6 Å². The van der Waals surface area contributed by atoms with Crippen LogP contribution in [0.2, 0.25) is 0 Å². The number of alkyl halides is 1. The van der Waals surface area contributed by atoms with E-state index in [1.807, 2.05) is 26.0 Å². The maximum atomic E-state index is 11.4. The molecule has 14 heavy (non-hydrogen) atoms. The minimum atomic E-state index is -0.275. The summed E-state index contributed by atoms with van der Waals surface area (Å²) in [7, 11) is 1.40. The van der Waals surface area contributed by atoms with E-state index in [9.17, 15) is 4.79 Å². The van der Waals surface area contributed by atoms with Crippen molar-refractivity contribution in [3.63, 3.8) is 0 Å². The fourth-order valence-corrected chi connectivity index (χ4v) is 1.75. The molecule has 1 aromatic carbocycles. The highest BCUT2D eigenvalue weighted by atomic mass is 79.9. The molecular formula is C11H13BrO2. The van der Waals surface area contributed by atoms with E-state index in [4.69, 9.17) is 4.74 Å². The van der Waals surface area contributed by atoms with Gasteiger partial charge in [0.25, 0.3) is 0 Å². The molecule has 3 heteroatoms. The second kappa shape index (κ2) is 4.60. The molecule has 0 unspecified atom stereocenters. The predicted octanol–water partition coefficient (Wildman–Crippen LogP) is 2.98. The maximum Gasteiger partial charge on any atom is 0.338 e. The predicted molar refractivity (Wildman–Crippen MR) is 59.9 cm³/mol. The number of methoxy groups -OCH3 is 1. The summed E-state index contributed by atoms with van der Waals surface area (Å²) in [5, 5.41) is 0.665. The van der Waals surface area contributed by atoms with Gasteiger partial charge in [-0.1, -0.05) is 22.0 Å². The van der Waals surface area contributed by atoms with Gasteiger partial charge in [-0.15, -0.1) is 0 Å². The van der Waals surface area contributed by atoms with Gasteiger partial charge in [-0.3, -0.25) is 0 Å². The zero-order valence-electron chi connectivity index (χ0n) is 8.56. The quantitative estimate of drug-likeness (QED) is 0.601. The first-order valence-corrected chi connectivity index (χ1v) is 5.46. The molecule has 0 N–H and O–H groups in total. The Kier molecular flexibility index (Phi) is 3.69. The second-order valence-electron chi connectivity index (χ2n) is 3.22. The van der Waals surface area contributed by atoms with Gasteiger partial charge in [0.1, 0.15) is 0 Å². The van der Waals surface area contributed by atoms with Gasteiger partial charge in [0.2, 0.25) is 0 Å². The third-order valence-corrected chi connectivity index (χ3v) is 2.87. The lowest BCUT2D eigenvalue weighted by Crippen LogP contribution is -2.06. The fourth-order valence-electron chi connectivity index (χ4n) is 1.29. The number of carbonyl (C=O) groups is 1. The molecule has 0 amide bonds. The van der Waals surface area contributed by atoms with Crippen LogP contribution in [0, 0.1) is 13.8 Å². The van der Waals surface area contributed by atoms with Crippen molar-refractivity contribution in [1.82, 2.24) is 0 Å². The second-order valence-corrected chi connectivity index (χ2v) is 3.78. The highest BCUT2D eigenvalue weighted by molar-refractivity contribution is 9.08. The van der Waals surface area contributed by atoms with Crippen LogP contribution in [0.3, 0.4) is 0 Å². The van der Waals surface area contributed by atoms with Crippen molar-refractivity contribution in [3.05, 3.63) is 34.4 Å². The Bertz CT molecular complexity index is 359. The van der Waals surface area contributed by atoms with Crippen molar-refractivity contribution in [2.45, 2.75) is 19.2 Å². The normalized spacial score (nSPS) is 10.0. The number of hydrogen-bond acceptors (Lipinski definition) is 2. The van der Waals surface area contributed by atoms with E-state index in [0.29, 0.717) is 10.9 Å². The Morgan fingerprint density at radius 1 is 1.36 bits per heavy atom. The largest absolute Gasteiger partial charge is 0.465 e. The summed E-state index contributed by atoms with van der Waals surface area (Å²) in [6.07, 6.45) is 0. The summed E-state index contributed by atoms with van der Waals surface area (Å²) < 4.78 is 4.71. The number of rotatable bonds is 2. The minimum Gasteiger partial charge on any atom is -0.465 e. The molecule has 0 aliphatic rings. The smallest absolute Gasteiger partial charge is 0.338 e. The molecule has 0 aliphatic carbocycles. The van der Waals surface area contributed by atoms with E-state index in [-0.39, 0.29) is 5.97 Å². The third-order valence-electron chi connectivity index (χ3n) is 2.27. The van der Waals surface area contributed by atoms with Crippen molar-refractivity contribution < 1.29 is 9.53 Å². The Labute approximate surface area is 92.4 Å². The molecule has 0 heterocycles. The Morgan fingerprint density at radius 3 is 2.43 bits per heavy atom. The van der Waals surface area contributed by atoms with Crippen LogP contribution in [0.1, 0.15) is 27.0 Å². The molecule has 0 fully saturated rings. The van der Waals surface area contributed by atoms with Crippen molar-refractivity contribution >= 4 is 21.9 Å². The van der Waals surface area contributed by atoms with Crippen LogP contribution >= 0.6 is 15.9 Å². The molecule has 1 aromatic rings. The van der Waals surface area contributed by atoms with E-state index >= 15 is 0 Å². The van der Waals surface area contributed by atoms with E-state index in [2.05, 4.69) is 15.9 Å². The summed E-state index contributed by atoms with van der Waals surface area (Å²) in [6.45, 7) is 4.02. The summed E-state index contributed by atoms with van der Waals surface area (Å²) in [4.78, 5) is 11.4. The Hall–Kier alpha value is -0.830. The van der Waals surface area contributed by atoms with Gasteiger partial charge in [-0.25, -0.2) is 4.79 Å². The lowest BCUT2D eigenvalue weighted by atomic mass is 10.0. The van der Waals surface area contributed by atoms with E-state index in [1.165, 1.54) is 12.7 Å². The van der Waals surface area contributed by atoms with Crippen LogP contribution in [0.4, 0.5) is 0 Å². The van der Waals surface area contributed by atoms with Gasteiger partial charge in [-0.2, -0.15) is 0 Å². The maximum absolute atomic E-state index is 11.4. The van der Waals surface area contributed by atoms with Gasteiger partial charge in [0.05, 0.1) is 12.7 Å². The first-order chi connectivity index (χ1) is 6.60. The van der Waals surface area contributed by atoms with Crippen LogP contribution in [-0.2, 0) is 10.1 Å².